The number of thioether (sulfide) groups is 1. The number of ether oxygens (including phenoxy) is 1. The zero-order chi connectivity index (χ0) is 13.0. The summed E-state index contributed by atoms with van der Waals surface area (Å²) in [4.78, 5) is 10.9. The van der Waals surface area contributed by atoms with E-state index in [1.165, 1.54) is 11.8 Å². The second-order valence-electron chi connectivity index (χ2n) is 3.38. The van der Waals surface area contributed by atoms with Crippen molar-refractivity contribution in [3.05, 3.63) is 28.2 Å². The van der Waals surface area contributed by atoms with E-state index >= 15 is 0 Å². The van der Waals surface area contributed by atoms with Gasteiger partial charge in [-0.15, -0.1) is 5.10 Å². The number of benzene rings is 1. The summed E-state index contributed by atoms with van der Waals surface area (Å²) >= 11 is 4.73. The van der Waals surface area contributed by atoms with Crippen molar-refractivity contribution in [1.29, 1.82) is 0 Å². The predicted octanol–water partition coefficient (Wildman–Crippen LogP) is 2.01. The number of carbonyl (C=O) groups is 1. The van der Waals surface area contributed by atoms with Gasteiger partial charge in [0.25, 0.3) is 0 Å². The molecule has 1 aliphatic rings. The van der Waals surface area contributed by atoms with Gasteiger partial charge in [0.2, 0.25) is 5.91 Å². The van der Waals surface area contributed by atoms with Crippen LogP contribution in [0, 0.1) is 0 Å². The molecule has 1 aromatic rings. The molecule has 7 heteroatoms. The molecule has 1 fully saturated rings. The first kappa shape index (κ1) is 13.1. The molecule has 1 N–H and O–H groups in total. The van der Waals surface area contributed by atoms with Crippen molar-refractivity contribution < 1.29 is 9.53 Å². The van der Waals surface area contributed by atoms with E-state index in [1.54, 1.807) is 13.3 Å². The Morgan fingerprint density at radius 1 is 1.56 bits per heavy atom. The molecule has 2 rings (SSSR count). The van der Waals surface area contributed by atoms with Crippen LogP contribution in [0.1, 0.15) is 5.56 Å². The van der Waals surface area contributed by atoms with E-state index < -0.39 is 0 Å². The van der Waals surface area contributed by atoms with Crippen molar-refractivity contribution in [2.24, 2.45) is 10.2 Å². The minimum atomic E-state index is -0.0406. The molecular weight excluding hydrogens is 318 g/mol. The van der Waals surface area contributed by atoms with Gasteiger partial charge in [-0.2, -0.15) is 5.10 Å². The molecule has 0 atom stereocenters. The molecule has 18 heavy (non-hydrogen) atoms. The van der Waals surface area contributed by atoms with Crippen LogP contribution in [0.4, 0.5) is 0 Å². The predicted molar refractivity (Wildman–Crippen MR) is 76.3 cm³/mol. The number of hydrogen-bond donors (Lipinski definition) is 1. The summed E-state index contributed by atoms with van der Waals surface area (Å²) in [5.41, 5.74) is 0.890. The molecule has 1 saturated heterocycles. The highest BCUT2D eigenvalue weighted by Gasteiger charge is 2.15. The first-order chi connectivity index (χ1) is 8.69. The summed E-state index contributed by atoms with van der Waals surface area (Å²) in [6.45, 7) is 0. The number of nitrogens with one attached hydrogen (secondary N) is 1. The van der Waals surface area contributed by atoms with Gasteiger partial charge in [-0.3, -0.25) is 4.79 Å². The average molecular weight is 328 g/mol. The normalized spacial score (nSPS) is 17.4. The van der Waals surface area contributed by atoms with Gasteiger partial charge < -0.3 is 10.1 Å². The van der Waals surface area contributed by atoms with E-state index in [9.17, 15) is 4.79 Å². The van der Waals surface area contributed by atoms with E-state index in [4.69, 9.17) is 4.74 Å². The van der Waals surface area contributed by atoms with Gasteiger partial charge in [-0.1, -0.05) is 11.8 Å². The Kier molecular flexibility index (Phi) is 4.38. The summed E-state index contributed by atoms with van der Waals surface area (Å²) in [6, 6.07) is 5.58. The van der Waals surface area contributed by atoms with E-state index in [0.29, 0.717) is 10.9 Å². The van der Waals surface area contributed by atoms with E-state index in [-0.39, 0.29) is 5.91 Å². The molecular formula is C11H10BrN3O2S. The number of carbonyl (C=O) groups excluding carboxylic acids is 1. The van der Waals surface area contributed by atoms with Crippen LogP contribution in [0.5, 0.6) is 5.75 Å². The molecule has 0 radical (unpaired) electrons. The molecule has 1 aromatic carbocycles. The Balaban J connectivity index is 2.05. The van der Waals surface area contributed by atoms with Gasteiger partial charge in [-0.25, -0.2) is 0 Å². The molecule has 5 nitrogen and oxygen atoms in total. The second kappa shape index (κ2) is 6.01. The quantitative estimate of drug-likeness (QED) is 0.682. The lowest BCUT2D eigenvalue weighted by Crippen LogP contribution is -2.19. The third kappa shape index (κ3) is 3.33. The van der Waals surface area contributed by atoms with Crippen LogP contribution in [0.25, 0.3) is 0 Å². The van der Waals surface area contributed by atoms with E-state index in [0.717, 1.165) is 15.8 Å². The Hall–Kier alpha value is -1.34. The van der Waals surface area contributed by atoms with Crippen molar-refractivity contribution in [1.82, 2.24) is 5.32 Å². The van der Waals surface area contributed by atoms with Gasteiger partial charge in [0.15, 0.2) is 5.17 Å². The van der Waals surface area contributed by atoms with Crippen molar-refractivity contribution in [3.63, 3.8) is 0 Å². The number of methoxy groups -OCH3 is 1. The fourth-order valence-electron chi connectivity index (χ4n) is 1.29. The lowest BCUT2D eigenvalue weighted by molar-refractivity contribution is -0.116. The minimum Gasteiger partial charge on any atom is -0.496 e. The molecule has 0 spiro atoms. The molecule has 1 amide bonds. The number of rotatable bonds is 3. The molecule has 0 unspecified atom stereocenters. The van der Waals surface area contributed by atoms with E-state index in [1.807, 2.05) is 18.2 Å². The minimum absolute atomic E-state index is 0.0406. The van der Waals surface area contributed by atoms with Gasteiger partial charge in [0.05, 0.1) is 23.5 Å². The van der Waals surface area contributed by atoms with Gasteiger partial charge >= 0.3 is 0 Å². The van der Waals surface area contributed by atoms with Gasteiger partial charge in [-0.05, 0) is 39.7 Å². The van der Waals surface area contributed by atoms with Crippen molar-refractivity contribution in [2.45, 2.75) is 0 Å². The Bertz CT molecular complexity index is 531. The standard InChI is InChI=1S/C11H10BrN3O2S/c1-17-9-3-2-7(4-8(9)12)5-13-15-11-14-10(16)6-18-11/h2-5H,6H2,1H3,(H,14,15,16)/b13-5+. The van der Waals surface area contributed by atoms with E-state index in [2.05, 4.69) is 31.4 Å². The molecule has 0 bridgehead atoms. The Morgan fingerprint density at radius 3 is 3.00 bits per heavy atom. The zero-order valence-corrected chi connectivity index (χ0v) is 11.9. The molecule has 0 aromatic heterocycles. The number of halogens is 1. The number of amidine groups is 1. The largest absolute Gasteiger partial charge is 0.496 e. The third-order valence-electron chi connectivity index (χ3n) is 2.12. The van der Waals surface area contributed by atoms with Crippen molar-refractivity contribution in [3.8, 4) is 5.75 Å². The van der Waals surface area contributed by atoms with Crippen LogP contribution in [-0.2, 0) is 4.79 Å². The average Bonchev–Trinajstić information content (AvgIpc) is 2.75. The molecule has 1 heterocycles. The lowest BCUT2D eigenvalue weighted by atomic mass is 10.2. The van der Waals surface area contributed by atoms with Crippen LogP contribution in [0.3, 0.4) is 0 Å². The summed E-state index contributed by atoms with van der Waals surface area (Å²) in [6.07, 6.45) is 1.61. The Morgan fingerprint density at radius 2 is 2.39 bits per heavy atom. The first-order valence-corrected chi connectivity index (χ1v) is 6.84. The maximum atomic E-state index is 10.9. The lowest BCUT2D eigenvalue weighted by Gasteiger charge is -2.02. The van der Waals surface area contributed by atoms with Crippen LogP contribution < -0.4 is 10.1 Å². The molecule has 1 aliphatic heterocycles. The van der Waals surface area contributed by atoms with Gasteiger partial charge in [0.1, 0.15) is 5.75 Å². The number of hydrogen-bond acceptors (Lipinski definition) is 5. The highest BCUT2D eigenvalue weighted by Crippen LogP contribution is 2.24. The molecule has 0 aliphatic carbocycles. The number of nitrogens with zero attached hydrogens (tertiary/aromatic N) is 2. The summed E-state index contributed by atoms with van der Waals surface area (Å²) in [5.74, 6) is 1.13. The highest BCUT2D eigenvalue weighted by atomic mass is 79.9. The summed E-state index contributed by atoms with van der Waals surface area (Å²) in [5, 5.41) is 11.0. The highest BCUT2D eigenvalue weighted by molar-refractivity contribution is 9.10. The molecule has 0 saturated carbocycles. The monoisotopic (exact) mass is 327 g/mol. The van der Waals surface area contributed by atoms with Crippen LogP contribution in [0.2, 0.25) is 0 Å². The summed E-state index contributed by atoms with van der Waals surface area (Å²) < 4.78 is 5.98. The fraction of sp³-hybridized carbons (Fsp3) is 0.182. The number of amides is 1. The SMILES string of the molecule is COc1ccc(/C=N/N=C2\NC(=O)CS2)cc1Br. The topological polar surface area (TPSA) is 63.1 Å². The van der Waals surface area contributed by atoms with Crippen LogP contribution in [-0.4, -0.2) is 30.2 Å². The zero-order valence-electron chi connectivity index (χ0n) is 9.51. The van der Waals surface area contributed by atoms with Crippen molar-refractivity contribution in [2.75, 3.05) is 12.9 Å². The maximum absolute atomic E-state index is 10.9. The maximum Gasteiger partial charge on any atom is 0.236 e. The van der Waals surface area contributed by atoms with Crippen molar-refractivity contribution >= 4 is 45.0 Å². The van der Waals surface area contributed by atoms with Gasteiger partial charge in [0, 0.05) is 0 Å². The summed E-state index contributed by atoms with van der Waals surface area (Å²) in [7, 11) is 1.61. The Labute approximate surface area is 117 Å². The van der Waals surface area contributed by atoms with Crippen LogP contribution >= 0.6 is 27.7 Å². The molecule has 94 valence electrons. The second-order valence-corrected chi connectivity index (χ2v) is 5.20. The fourth-order valence-corrected chi connectivity index (χ4v) is 2.48. The smallest absolute Gasteiger partial charge is 0.236 e. The van der Waals surface area contributed by atoms with Crippen LogP contribution in [0.15, 0.2) is 32.9 Å². The third-order valence-corrected chi connectivity index (χ3v) is 3.60. The first-order valence-electron chi connectivity index (χ1n) is 5.06.